The highest BCUT2D eigenvalue weighted by atomic mass is 35.5. The molecular formula is C35H35ClN2O9. The maximum atomic E-state index is 12.6. The zero-order chi connectivity index (χ0) is 33.5. The lowest BCUT2D eigenvalue weighted by Crippen LogP contribution is -2.10. The molecule has 11 nitrogen and oxygen atoms in total. The number of fused-ring (bicyclic) bond motifs is 1. The third-order valence-corrected chi connectivity index (χ3v) is 8.04. The zero-order valence-electron chi connectivity index (χ0n) is 26.2. The van der Waals surface area contributed by atoms with E-state index in [0.717, 1.165) is 19.3 Å². The molecular weight excluding hydrogens is 628 g/mol. The van der Waals surface area contributed by atoms with Crippen molar-refractivity contribution in [2.75, 3.05) is 21.0 Å². The van der Waals surface area contributed by atoms with E-state index in [4.69, 9.17) is 40.3 Å². The normalized spacial score (nSPS) is 12.2. The van der Waals surface area contributed by atoms with E-state index in [0.29, 0.717) is 63.5 Å². The van der Waals surface area contributed by atoms with Crippen LogP contribution in [0.2, 0.25) is 5.02 Å². The van der Waals surface area contributed by atoms with Gasteiger partial charge < -0.3 is 33.9 Å². The SMILES string of the molecule is CCCCCc1ncc(/C=C(\Cc2cc3c(cc2OC)OCO3)C(=O)O)n1-c1ccc(OC)cc1OCc1cccc(Cl)c1C(=O)O. The number of rotatable bonds is 15. The van der Waals surface area contributed by atoms with Gasteiger partial charge in [-0.25, -0.2) is 14.6 Å². The largest absolute Gasteiger partial charge is 0.497 e. The number of hydrogen-bond donors (Lipinski definition) is 2. The standard InChI is InChI=1S/C35H35ClN2O9/c1-4-5-6-10-32-37-18-24(14-23(34(39)40)13-22-15-30-31(47-20-46-30)17-28(22)44-3)38(32)27-12-11-25(43-2)16-29(27)45-19-21-8-7-9-26(36)33(21)35(41)42/h7-9,11-12,14-18H,4-6,10,13,19-20H2,1-3H3,(H,39,40)(H,41,42)/b23-14+. The number of unbranched alkanes of at least 4 members (excludes halogenated alkanes) is 2. The van der Waals surface area contributed by atoms with Gasteiger partial charge in [0.2, 0.25) is 6.79 Å². The molecule has 2 heterocycles. The molecule has 1 aliphatic heterocycles. The number of imidazole rings is 1. The third-order valence-electron chi connectivity index (χ3n) is 7.72. The Kier molecular flexibility index (Phi) is 10.6. The number of benzene rings is 3. The molecule has 2 N–H and O–H groups in total. The van der Waals surface area contributed by atoms with Gasteiger partial charge in [-0.15, -0.1) is 0 Å². The Balaban J connectivity index is 1.59. The highest BCUT2D eigenvalue weighted by Crippen LogP contribution is 2.39. The number of carboxylic acid groups (broad SMARTS) is 2. The number of methoxy groups -OCH3 is 2. The summed E-state index contributed by atoms with van der Waals surface area (Å²) in [7, 11) is 3.04. The molecule has 5 rings (SSSR count). The monoisotopic (exact) mass is 662 g/mol. The quantitative estimate of drug-likeness (QED) is 0.101. The lowest BCUT2D eigenvalue weighted by molar-refractivity contribution is -0.132. The number of aromatic carboxylic acids is 1. The van der Waals surface area contributed by atoms with Gasteiger partial charge in [0.1, 0.15) is 29.7 Å². The van der Waals surface area contributed by atoms with Crippen molar-refractivity contribution in [2.45, 2.75) is 45.6 Å². The van der Waals surface area contributed by atoms with Gasteiger partial charge in [0.05, 0.1) is 42.4 Å². The number of nitrogens with zero attached hydrogens (tertiary/aromatic N) is 2. The van der Waals surface area contributed by atoms with Crippen LogP contribution in [0.25, 0.3) is 11.8 Å². The summed E-state index contributed by atoms with van der Waals surface area (Å²) in [6, 6.07) is 13.5. The van der Waals surface area contributed by atoms with E-state index in [9.17, 15) is 19.8 Å². The molecule has 0 amide bonds. The number of aryl methyl sites for hydroxylation is 1. The summed E-state index contributed by atoms with van der Waals surface area (Å²) < 4.78 is 30.1. The lowest BCUT2D eigenvalue weighted by Gasteiger charge is -2.18. The van der Waals surface area contributed by atoms with E-state index in [1.165, 1.54) is 20.3 Å². The third kappa shape index (κ3) is 7.47. The van der Waals surface area contributed by atoms with Gasteiger partial charge in [0.25, 0.3) is 0 Å². The van der Waals surface area contributed by atoms with Crippen molar-refractivity contribution < 1.29 is 43.5 Å². The topological polar surface area (TPSA) is 139 Å². The summed E-state index contributed by atoms with van der Waals surface area (Å²) in [6.45, 7) is 2.09. The second-order valence-electron chi connectivity index (χ2n) is 10.8. The molecule has 1 aliphatic rings. The molecule has 0 unspecified atom stereocenters. The Morgan fingerprint density at radius 2 is 1.79 bits per heavy atom. The van der Waals surface area contributed by atoms with Gasteiger partial charge in [-0.3, -0.25) is 4.57 Å². The summed E-state index contributed by atoms with van der Waals surface area (Å²) >= 11 is 6.20. The van der Waals surface area contributed by atoms with E-state index < -0.39 is 11.9 Å². The molecule has 1 aromatic heterocycles. The first kappa shape index (κ1) is 33.2. The fourth-order valence-electron chi connectivity index (χ4n) is 5.37. The fraction of sp³-hybridized carbons (Fsp3) is 0.286. The number of carbonyl (C=O) groups is 2. The van der Waals surface area contributed by atoms with Crippen molar-refractivity contribution in [3.63, 3.8) is 0 Å². The lowest BCUT2D eigenvalue weighted by atomic mass is 10.0. The Labute approximate surface area is 276 Å². The molecule has 246 valence electrons. The van der Waals surface area contributed by atoms with Crippen molar-refractivity contribution in [1.29, 1.82) is 0 Å². The Bertz CT molecular complexity index is 1810. The highest BCUT2D eigenvalue weighted by Gasteiger charge is 2.23. The number of aromatic nitrogens is 2. The average molecular weight is 663 g/mol. The number of aliphatic carboxylic acids is 1. The average Bonchev–Trinajstić information content (AvgIpc) is 3.69. The van der Waals surface area contributed by atoms with Gasteiger partial charge in [0.15, 0.2) is 11.5 Å². The molecule has 0 aliphatic carbocycles. The smallest absolute Gasteiger partial charge is 0.337 e. The van der Waals surface area contributed by atoms with Gasteiger partial charge in [-0.05, 0) is 36.8 Å². The molecule has 4 aromatic rings. The predicted octanol–water partition coefficient (Wildman–Crippen LogP) is 6.99. The minimum Gasteiger partial charge on any atom is -0.497 e. The number of hydrogen-bond acceptors (Lipinski definition) is 8. The summed E-state index contributed by atoms with van der Waals surface area (Å²) in [5.74, 6) is 0.834. The molecule has 12 heteroatoms. The van der Waals surface area contributed by atoms with Crippen molar-refractivity contribution in [3.05, 3.63) is 93.5 Å². The molecule has 0 atom stereocenters. The van der Waals surface area contributed by atoms with E-state index in [2.05, 4.69) is 6.92 Å². The molecule has 0 bridgehead atoms. The molecule has 0 saturated heterocycles. The zero-order valence-corrected chi connectivity index (χ0v) is 27.0. The van der Waals surface area contributed by atoms with Crippen LogP contribution in [0.4, 0.5) is 0 Å². The van der Waals surface area contributed by atoms with Crippen molar-refractivity contribution in [2.24, 2.45) is 0 Å². The molecule has 0 spiro atoms. The van der Waals surface area contributed by atoms with E-state index in [-0.39, 0.29) is 36.0 Å². The maximum absolute atomic E-state index is 12.6. The first-order valence-corrected chi connectivity index (χ1v) is 15.4. The predicted molar refractivity (Wildman–Crippen MR) is 175 cm³/mol. The van der Waals surface area contributed by atoms with Crippen LogP contribution in [0.15, 0.2) is 60.3 Å². The van der Waals surface area contributed by atoms with Gasteiger partial charge in [0, 0.05) is 41.7 Å². The van der Waals surface area contributed by atoms with E-state index in [1.54, 1.807) is 54.7 Å². The summed E-state index contributed by atoms with van der Waals surface area (Å²) in [5, 5.41) is 20.2. The second kappa shape index (κ2) is 15.0. The first-order chi connectivity index (χ1) is 22.7. The van der Waals surface area contributed by atoms with Crippen LogP contribution < -0.4 is 23.7 Å². The molecule has 0 fully saturated rings. The van der Waals surface area contributed by atoms with Gasteiger partial charge in [-0.2, -0.15) is 0 Å². The summed E-state index contributed by atoms with van der Waals surface area (Å²) in [4.78, 5) is 29.3. The minimum atomic E-state index is -1.17. The van der Waals surface area contributed by atoms with Crippen LogP contribution in [0.3, 0.4) is 0 Å². The number of carboxylic acids is 2. The van der Waals surface area contributed by atoms with Gasteiger partial charge >= 0.3 is 11.9 Å². The Hall–Kier alpha value is -5.16. The molecule has 0 saturated carbocycles. The van der Waals surface area contributed by atoms with Crippen molar-refractivity contribution >= 4 is 29.6 Å². The van der Waals surface area contributed by atoms with Crippen LogP contribution in [-0.2, 0) is 24.2 Å². The number of ether oxygens (including phenoxy) is 5. The molecule has 0 radical (unpaired) electrons. The Morgan fingerprint density at radius 1 is 1.00 bits per heavy atom. The molecule has 3 aromatic carbocycles. The second-order valence-corrected chi connectivity index (χ2v) is 11.2. The van der Waals surface area contributed by atoms with Crippen LogP contribution in [-0.4, -0.2) is 52.7 Å². The first-order valence-electron chi connectivity index (χ1n) is 15.0. The minimum absolute atomic E-state index is 0.0319. The van der Waals surface area contributed by atoms with E-state index in [1.807, 2.05) is 4.57 Å². The fourth-order valence-corrected chi connectivity index (χ4v) is 5.64. The maximum Gasteiger partial charge on any atom is 0.337 e. The Morgan fingerprint density at radius 3 is 2.49 bits per heavy atom. The van der Waals surface area contributed by atoms with Crippen LogP contribution in [0, 0.1) is 0 Å². The van der Waals surface area contributed by atoms with Gasteiger partial charge in [-0.1, -0.05) is 43.5 Å². The van der Waals surface area contributed by atoms with Crippen molar-refractivity contribution in [1.82, 2.24) is 9.55 Å². The number of halogens is 1. The summed E-state index contributed by atoms with van der Waals surface area (Å²) in [5.41, 5.74) is 2.13. The highest BCUT2D eigenvalue weighted by molar-refractivity contribution is 6.33. The van der Waals surface area contributed by atoms with E-state index >= 15 is 0 Å². The summed E-state index contributed by atoms with van der Waals surface area (Å²) in [6.07, 6.45) is 6.74. The van der Waals surface area contributed by atoms with Crippen molar-refractivity contribution in [3.8, 4) is 34.4 Å². The molecule has 47 heavy (non-hydrogen) atoms. The van der Waals surface area contributed by atoms with Crippen LogP contribution >= 0.6 is 11.6 Å². The van der Waals surface area contributed by atoms with Crippen LogP contribution in [0.5, 0.6) is 28.7 Å². The van der Waals surface area contributed by atoms with Crippen LogP contribution in [0.1, 0.15) is 59.2 Å².